The van der Waals surface area contributed by atoms with Gasteiger partial charge < -0.3 is 0 Å². The van der Waals surface area contributed by atoms with Crippen LogP contribution in [0.15, 0.2) is 29.1 Å². The van der Waals surface area contributed by atoms with Gasteiger partial charge in [-0.05, 0) is 0 Å². The molecular formula is C30H2F14N6. The molecule has 4 rings (SSSR count). The summed E-state index contributed by atoms with van der Waals surface area (Å²) < 4.78 is 203. The average molecular weight is 712 g/mol. The van der Waals surface area contributed by atoms with Crippen molar-refractivity contribution in [2.24, 2.45) is 0 Å². The number of halogens is 14. The van der Waals surface area contributed by atoms with Crippen molar-refractivity contribution in [3.8, 4) is 30.3 Å². The van der Waals surface area contributed by atoms with E-state index in [9.17, 15) is 59.7 Å². The highest BCUT2D eigenvalue weighted by atomic mass is 19.4. The highest BCUT2D eigenvalue weighted by Gasteiger charge is 2.49. The van der Waals surface area contributed by atoms with Crippen molar-refractivity contribution in [2.75, 3.05) is 0 Å². The summed E-state index contributed by atoms with van der Waals surface area (Å²) in [5.74, 6) is -20.4. The number of allylic oxidation sites excluding steroid dienone is 6. The lowest BCUT2D eigenvalue weighted by Crippen LogP contribution is -2.17. The van der Waals surface area contributed by atoms with E-state index >= 15 is 17.6 Å². The zero-order valence-electron chi connectivity index (χ0n) is 23.1. The molecule has 0 radical (unpaired) electrons. The van der Waals surface area contributed by atoms with Crippen LogP contribution < -0.4 is 0 Å². The van der Waals surface area contributed by atoms with Gasteiger partial charge in [0.15, 0.2) is 46.5 Å². The van der Waals surface area contributed by atoms with Crippen LogP contribution in [0.2, 0.25) is 0 Å². The molecule has 1 aromatic heterocycles. The highest BCUT2D eigenvalue weighted by molar-refractivity contribution is 6.12. The fourth-order valence-corrected chi connectivity index (χ4v) is 4.71. The third kappa shape index (κ3) is 5.41. The lowest BCUT2D eigenvalue weighted by atomic mass is 9.94. The van der Waals surface area contributed by atoms with E-state index in [1.807, 2.05) is 0 Å². The molecule has 3 aromatic rings. The van der Waals surface area contributed by atoms with Crippen molar-refractivity contribution in [3.05, 3.63) is 115 Å². The van der Waals surface area contributed by atoms with Crippen LogP contribution in [0.4, 0.5) is 61.5 Å². The van der Waals surface area contributed by atoms with Crippen LogP contribution in [-0.4, -0.2) is 4.98 Å². The maximum Gasteiger partial charge on any atom is 0.418 e. The number of benzene rings is 2. The second-order valence-electron chi connectivity index (χ2n) is 9.43. The van der Waals surface area contributed by atoms with E-state index in [0.717, 1.165) is 30.3 Å². The number of hydrogen-bond acceptors (Lipinski definition) is 6. The van der Waals surface area contributed by atoms with Gasteiger partial charge >= 0.3 is 12.4 Å². The van der Waals surface area contributed by atoms with E-state index in [-0.39, 0.29) is 12.4 Å². The van der Waals surface area contributed by atoms with Crippen LogP contribution in [0.1, 0.15) is 38.9 Å². The molecule has 1 aliphatic carbocycles. The van der Waals surface area contributed by atoms with Crippen molar-refractivity contribution in [2.45, 2.75) is 12.4 Å². The molecule has 1 heterocycles. The Bertz CT molecular complexity index is 2170. The Balaban J connectivity index is 2.41. The molecule has 1 fully saturated rings. The van der Waals surface area contributed by atoms with Crippen molar-refractivity contribution in [1.82, 2.24) is 4.98 Å². The van der Waals surface area contributed by atoms with Gasteiger partial charge in [-0.3, -0.25) is 4.98 Å². The lowest BCUT2D eigenvalue weighted by Gasteiger charge is -2.17. The quantitative estimate of drug-likeness (QED) is 0.153. The molecule has 1 saturated carbocycles. The summed E-state index contributed by atoms with van der Waals surface area (Å²) >= 11 is 0. The normalized spacial score (nSPS) is 15.6. The summed E-state index contributed by atoms with van der Waals surface area (Å²) in [4.78, 5) is 2.81. The summed E-state index contributed by atoms with van der Waals surface area (Å²) in [6, 6.07) is 4.13. The predicted octanol–water partition coefficient (Wildman–Crippen LogP) is 8.22. The smallest absolute Gasteiger partial charge is 0.263 e. The number of hydrogen-bond donors (Lipinski definition) is 0. The Morgan fingerprint density at radius 3 is 0.920 bits per heavy atom. The van der Waals surface area contributed by atoms with Gasteiger partial charge in [0.1, 0.15) is 41.5 Å². The van der Waals surface area contributed by atoms with Crippen molar-refractivity contribution in [3.63, 3.8) is 0 Å². The molecule has 0 atom stereocenters. The van der Waals surface area contributed by atoms with E-state index in [4.69, 9.17) is 10.5 Å². The van der Waals surface area contributed by atoms with Crippen LogP contribution in [-0.2, 0) is 12.4 Å². The first kappa shape index (κ1) is 36.1. The zero-order chi connectivity index (χ0) is 37.8. The summed E-state index contributed by atoms with van der Waals surface area (Å²) in [6.07, 6.45) is -12.1. The second-order valence-corrected chi connectivity index (χ2v) is 9.43. The molecule has 0 spiro atoms. The molecule has 0 N–H and O–H groups in total. The number of pyridine rings is 1. The molecule has 250 valence electrons. The lowest BCUT2D eigenvalue weighted by molar-refractivity contribution is -0.143. The molecule has 0 bridgehead atoms. The third-order valence-corrected chi connectivity index (χ3v) is 6.83. The fraction of sp³-hybridized carbons (Fsp3) is 0.0667. The first-order valence-corrected chi connectivity index (χ1v) is 12.4. The number of aromatic nitrogens is 1. The van der Waals surface area contributed by atoms with Gasteiger partial charge in [-0.25, -0.2) is 35.1 Å². The van der Waals surface area contributed by atoms with E-state index in [1.54, 1.807) is 0 Å². The summed E-state index contributed by atoms with van der Waals surface area (Å²) in [7, 11) is 0. The first-order chi connectivity index (χ1) is 23.3. The molecule has 0 aliphatic heterocycles. The Hall–Kier alpha value is -6.72. The molecule has 0 unspecified atom stereocenters. The molecule has 1 aliphatic rings. The fourth-order valence-electron chi connectivity index (χ4n) is 4.71. The van der Waals surface area contributed by atoms with E-state index < -0.39 is 131 Å². The maximum absolute atomic E-state index is 15.1. The molecule has 0 saturated heterocycles. The first-order valence-electron chi connectivity index (χ1n) is 12.4. The van der Waals surface area contributed by atoms with E-state index in [2.05, 4.69) is 4.98 Å². The molecule has 0 amide bonds. The molecule has 2 aromatic carbocycles. The minimum atomic E-state index is -5.82. The molecular weight excluding hydrogens is 710 g/mol. The minimum Gasteiger partial charge on any atom is -0.263 e. The van der Waals surface area contributed by atoms with Gasteiger partial charge in [-0.15, -0.1) is 0 Å². The molecule has 50 heavy (non-hydrogen) atoms. The van der Waals surface area contributed by atoms with Gasteiger partial charge in [0.2, 0.25) is 0 Å². The number of nitrogens with zero attached hydrogens (tertiary/aromatic N) is 6. The van der Waals surface area contributed by atoms with E-state index in [1.165, 1.54) is 0 Å². The summed E-state index contributed by atoms with van der Waals surface area (Å²) in [5.41, 5.74) is -25.4. The SMILES string of the molecule is N#CC(=C1C(=C(/C#N)c2c(F)c(F)c(C#N)c(F)c2F)/C1=C(/C#N)c1c(F)c(F)c(C#N)c(F)c1F)c1c(C(F)(F)F)cncc1C(F)(F)F. The summed E-state index contributed by atoms with van der Waals surface area (Å²) in [5, 5.41) is 47.3. The van der Waals surface area contributed by atoms with E-state index in [0.29, 0.717) is 0 Å². The Morgan fingerprint density at radius 2 is 0.700 bits per heavy atom. The van der Waals surface area contributed by atoms with Gasteiger partial charge in [-0.2, -0.15) is 52.7 Å². The molecule has 6 nitrogen and oxygen atoms in total. The van der Waals surface area contributed by atoms with Crippen LogP contribution in [0, 0.1) is 103 Å². The number of rotatable bonds is 3. The maximum atomic E-state index is 15.1. The van der Waals surface area contributed by atoms with Crippen molar-refractivity contribution >= 4 is 16.7 Å². The van der Waals surface area contributed by atoms with Crippen molar-refractivity contribution in [1.29, 1.82) is 26.3 Å². The largest absolute Gasteiger partial charge is 0.418 e. The molecule has 20 heteroatoms. The standard InChI is InChI=1S/C30H2F14N6/c31-21-11(4-48)22(32)26(36)19(25(21)35)9(2-46)17-16(8(1-45)15-13(29(39,40)41)6-50-7-14(15)30(42,43)44)18(17)10(3-47)20-27(37)23(33)12(5-49)24(34)28(20)38/h6-7H/b16-8?,17-9-,18-10+. The Labute approximate surface area is 267 Å². The highest BCUT2D eigenvalue weighted by Crippen LogP contribution is 2.58. The van der Waals surface area contributed by atoms with Crippen LogP contribution in [0.25, 0.3) is 16.7 Å². The number of alkyl halides is 6. The van der Waals surface area contributed by atoms with Gasteiger partial charge in [0, 0.05) is 34.7 Å². The second kappa shape index (κ2) is 12.4. The predicted molar refractivity (Wildman–Crippen MR) is 134 cm³/mol. The summed E-state index contributed by atoms with van der Waals surface area (Å²) in [6.45, 7) is 0. The monoisotopic (exact) mass is 712 g/mol. The Kier molecular flexibility index (Phi) is 8.95. The Morgan fingerprint density at radius 1 is 0.440 bits per heavy atom. The average Bonchev–Trinajstić information content (AvgIpc) is 3.76. The minimum absolute atomic E-state index is 0.247. The van der Waals surface area contributed by atoms with Gasteiger partial charge in [0.25, 0.3) is 0 Å². The van der Waals surface area contributed by atoms with Crippen LogP contribution in [0.5, 0.6) is 0 Å². The third-order valence-electron chi connectivity index (χ3n) is 6.83. The zero-order valence-corrected chi connectivity index (χ0v) is 23.1. The van der Waals surface area contributed by atoms with Gasteiger partial charge in [0.05, 0.1) is 39.0 Å². The van der Waals surface area contributed by atoms with Crippen molar-refractivity contribution < 1.29 is 61.5 Å². The topological polar surface area (TPSA) is 132 Å². The van der Waals surface area contributed by atoms with Crippen LogP contribution >= 0.6 is 0 Å². The van der Waals surface area contributed by atoms with Crippen LogP contribution in [0.3, 0.4) is 0 Å². The van der Waals surface area contributed by atoms with Gasteiger partial charge in [-0.1, -0.05) is 0 Å². The number of nitriles is 5.